The van der Waals surface area contributed by atoms with E-state index in [1.54, 1.807) is 6.20 Å². The molecular weight excluding hydrogens is 140 g/mol. The molecule has 0 spiro atoms. The van der Waals surface area contributed by atoms with Crippen LogP contribution in [-0.4, -0.2) is 17.0 Å². The maximum atomic E-state index is 5.46. The van der Waals surface area contributed by atoms with Gasteiger partial charge >= 0.3 is 0 Å². The topological polar surface area (TPSA) is 63.8 Å². The first-order chi connectivity index (χ1) is 5.27. The molecule has 0 saturated carbocycles. The second-order valence-corrected chi connectivity index (χ2v) is 2.25. The molecule has 3 N–H and O–H groups in total. The van der Waals surface area contributed by atoms with Crippen molar-refractivity contribution in [1.82, 2.24) is 9.97 Å². The van der Waals surface area contributed by atoms with E-state index < -0.39 is 0 Å². The Bertz CT molecular complexity index is 246. The first kappa shape index (κ1) is 7.94. The van der Waals surface area contributed by atoms with Crippen molar-refractivity contribution in [1.29, 1.82) is 0 Å². The monoisotopic (exact) mass is 152 g/mol. The van der Waals surface area contributed by atoms with Gasteiger partial charge in [0.25, 0.3) is 0 Å². The van der Waals surface area contributed by atoms with E-state index in [0.29, 0.717) is 6.54 Å². The highest BCUT2D eigenvalue weighted by atomic mass is 15.0. The molecule has 1 heterocycles. The van der Waals surface area contributed by atoms with Crippen molar-refractivity contribution in [3.8, 4) is 0 Å². The second-order valence-electron chi connectivity index (χ2n) is 2.25. The standard InChI is InChI=1S/C7H12N4/c1-5-10-4-6(3-8)7(9-2)11-5/h4H,3,8H2,1-2H3,(H,9,10,11). The van der Waals surface area contributed by atoms with Crippen molar-refractivity contribution in [3.63, 3.8) is 0 Å². The molecule has 0 aliphatic rings. The van der Waals surface area contributed by atoms with Crippen molar-refractivity contribution in [2.45, 2.75) is 13.5 Å². The molecule has 0 amide bonds. The lowest BCUT2D eigenvalue weighted by atomic mass is 10.3. The van der Waals surface area contributed by atoms with Crippen LogP contribution in [0, 0.1) is 6.92 Å². The molecule has 0 fully saturated rings. The zero-order valence-corrected chi connectivity index (χ0v) is 6.76. The summed E-state index contributed by atoms with van der Waals surface area (Å²) in [4.78, 5) is 8.19. The number of rotatable bonds is 2. The fourth-order valence-electron chi connectivity index (χ4n) is 0.861. The first-order valence-electron chi connectivity index (χ1n) is 3.48. The molecule has 4 nitrogen and oxygen atoms in total. The molecule has 11 heavy (non-hydrogen) atoms. The Kier molecular flexibility index (Phi) is 2.38. The van der Waals surface area contributed by atoms with Gasteiger partial charge in [0.1, 0.15) is 11.6 Å². The summed E-state index contributed by atoms with van der Waals surface area (Å²) in [6, 6.07) is 0. The SMILES string of the molecule is CNc1nc(C)ncc1CN. The summed E-state index contributed by atoms with van der Waals surface area (Å²) in [5.74, 6) is 1.58. The molecule has 0 aromatic carbocycles. The Hall–Kier alpha value is -1.16. The van der Waals surface area contributed by atoms with Gasteiger partial charge in [-0.3, -0.25) is 0 Å². The minimum absolute atomic E-state index is 0.469. The normalized spacial score (nSPS) is 9.73. The molecular formula is C7H12N4. The number of anilines is 1. The van der Waals surface area contributed by atoms with E-state index in [0.717, 1.165) is 17.2 Å². The summed E-state index contributed by atoms with van der Waals surface area (Å²) < 4.78 is 0. The first-order valence-corrected chi connectivity index (χ1v) is 3.48. The Labute approximate surface area is 65.9 Å². The number of aryl methyl sites for hydroxylation is 1. The number of aromatic nitrogens is 2. The van der Waals surface area contributed by atoms with Crippen LogP contribution >= 0.6 is 0 Å². The lowest BCUT2D eigenvalue weighted by Crippen LogP contribution is -2.05. The van der Waals surface area contributed by atoms with Crippen molar-refractivity contribution in [3.05, 3.63) is 17.6 Å². The van der Waals surface area contributed by atoms with E-state index in [9.17, 15) is 0 Å². The molecule has 0 saturated heterocycles. The highest BCUT2D eigenvalue weighted by Crippen LogP contribution is 2.08. The van der Waals surface area contributed by atoms with E-state index >= 15 is 0 Å². The average molecular weight is 152 g/mol. The van der Waals surface area contributed by atoms with Crippen molar-refractivity contribution in [2.75, 3.05) is 12.4 Å². The molecule has 0 bridgehead atoms. The Balaban J connectivity index is 3.06. The van der Waals surface area contributed by atoms with Crippen LogP contribution in [0.3, 0.4) is 0 Å². The van der Waals surface area contributed by atoms with Gasteiger partial charge in [0.15, 0.2) is 0 Å². The van der Waals surface area contributed by atoms with Gasteiger partial charge in [0.05, 0.1) is 0 Å². The summed E-state index contributed by atoms with van der Waals surface area (Å²) in [7, 11) is 1.82. The quantitative estimate of drug-likeness (QED) is 0.639. The number of nitrogens with one attached hydrogen (secondary N) is 1. The highest BCUT2D eigenvalue weighted by Gasteiger charge is 1.99. The third kappa shape index (κ3) is 1.65. The molecule has 1 aromatic rings. The Morgan fingerprint density at radius 1 is 1.64 bits per heavy atom. The molecule has 0 unspecified atom stereocenters. The summed E-state index contributed by atoms with van der Waals surface area (Å²) in [6.07, 6.45) is 1.74. The Morgan fingerprint density at radius 3 is 2.91 bits per heavy atom. The van der Waals surface area contributed by atoms with E-state index in [1.807, 2.05) is 14.0 Å². The van der Waals surface area contributed by atoms with Gasteiger partial charge in [-0.25, -0.2) is 9.97 Å². The average Bonchev–Trinajstić information content (AvgIpc) is 2.04. The number of nitrogens with zero attached hydrogens (tertiary/aromatic N) is 2. The summed E-state index contributed by atoms with van der Waals surface area (Å²) in [5.41, 5.74) is 6.40. The van der Waals surface area contributed by atoms with Crippen LogP contribution in [0.1, 0.15) is 11.4 Å². The maximum Gasteiger partial charge on any atom is 0.133 e. The number of hydrogen-bond donors (Lipinski definition) is 2. The second kappa shape index (κ2) is 3.30. The molecule has 1 aromatic heterocycles. The number of hydrogen-bond acceptors (Lipinski definition) is 4. The van der Waals surface area contributed by atoms with E-state index in [1.165, 1.54) is 0 Å². The molecule has 1 rings (SSSR count). The van der Waals surface area contributed by atoms with Crippen LogP contribution in [0.4, 0.5) is 5.82 Å². The molecule has 0 radical (unpaired) electrons. The predicted molar refractivity (Wildman–Crippen MR) is 44.2 cm³/mol. The van der Waals surface area contributed by atoms with Crippen molar-refractivity contribution in [2.24, 2.45) is 5.73 Å². The molecule has 0 aliphatic carbocycles. The van der Waals surface area contributed by atoms with Gasteiger partial charge in [0.2, 0.25) is 0 Å². The van der Waals surface area contributed by atoms with Crippen LogP contribution in [-0.2, 0) is 6.54 Å². The minimum atomic E-state index is 0.469. The van der Waals surface area contributed by atoms with Gasteiger partial charge in [-0.05, 0) is 6.92 Å². The lowest BCUT2D eigenvalue weighted by molar-refractivity contribution is 0.971. The van der Waals surface area contributed by atoms with E-state index in [2.05, 4.69) is 15.3 Å². The van der Waals surface area contributed by atoms with E-state index in [-0.39, 0.29) is 0 Å². The summed E-state index contributed by atoms with van der Waals surface area (Å²) in [5, 5.41) is 2.96. The zero-order valence-electron chi connectivity index (χ0n) is 6.76. The zero-order chi connectivity index (χ0) is 8.27. The van der Waals surface area contributed by atoms with Crippen LogP contribution < -0.4 is 11.1 Å². The van der Waals surface area contributed by atoms with Gasteiger partial charge in [-0.2, -0.15) is 0 Å². The molecule has 0 atom stereocenters. The predicted octanol–water partition coefficient (Wildman–Crippen LogP) is 0.285. The van der Waals surface area contributed by atoms with Crippen LogP contribution in [0.15, 0.2) is 6.20 Å². The summed E-state index contributed by atoms with van der Waals surface area (Å²) in [6.45, 7) is 2.32. The maximum absolute atomic E-state index is 5.46. The van der Waals surface area contributed by atoms with Crippen LogP contribution in [0.5, 0.6) is 0 Å². The Morgan fingerprint density at radius 2 is 2.36 bits per heavy atom. The van der Waals surface area contributed by atoms with Crippen LogP contribution in [0.25, 0.3) is 0 Å². The molecule has 4 heteroatoms. The molecule has 0 aliphatic heterocycles. The van der Waals surface area contributed by atoms with Gasteiger partial charge in [-0.1, -0.05) is 0 Å². The largest absolute Gasteiger partial charge is 0.373 e. The lowest BCUT2D eigenvalue weighted by Gasteiger charge is -2.04. The fraction of sp³-hybridized carbons (Fsp3) is 0.429. The van der Waals surface area contributed by atoms with Crippen LogP contribution in [0.2, 0.25) is 0 Å². The highest BCUT2D eigenvalue weighted by molar-refractivity contribution is 5.41. The van der Waals surface area contributed by atoms with Gasteiger partial charge in [0, 0.05) is 25.4 Å². The molecule has 60 valence electrons. The minimum Gasteiger partial charge on any atom is -0.373 e. The third-order valence-electron chi connectivity index (χ3n) is 1.44. The smallest absolute Gasteiger partial charge is 0.133 e. The van der Waals surface area contributed by atoms with Crippen molar-refractivity contribution >= 4 is 5.82 Å². The number of nitrogens with two attached hydrogens (primary N) is 1. The third-order valence-corrected chi connectivity index (χ3v) is 1.44. The van der Waals surface area contributed by atoms with Gasteiger partial charge < -0.3 is 11.1 Å². The van der Waals surface area contributed by atoms with E-state index in [4.69, 9.17) is 5.73 Å². The fourth-order valence-corrected chi connectivity index (χ4v) is 0.861. The summed E-state index contributed by atoms with van der Waals surface area (Å²) >= 11 is 0. The van der Waals surface area contributed by atoms with Gasteiger partial charge in [-0.15, -0.1) is 0 Å². The van der Waals surface area contributed by atoms with Crippen molar-refractivity contribution < 1.29 is 0 Å².